The van der Waals surface area contributed by atoms with Gasteiger partial charge in [-0.25, -0.2) is 4.39 Å². The number of carbonyl (C=O) groups is 1. The van der Waals surface area contributed by atoms with Gasteiger partial charge in [-0.3, -0.25) is 14.9 Å². The number of alkyl halides is 1. The number of unbranched alkanes of at least 4 members (excludes halogenated alkanes) is 3. The van der Waals surface area contributed by atoms with Crippen LogP contribution in [0.3, 0.4) is 0 Å². The highest BCUT2D eigenvalue weighted by molar-refractivity contribution is 6.17. The van der Waals surface area contributed by atoms with E-state index in [4.69, 9.17) is 11.6 Å². The van der Waals surface area contributed by atoms with Crippen LogP contribution in [-0.4, -0.2) is 23.3 Å². The fourth-order valence-electron chi connectivity index (χ4n) is 1.69. The molecule has 0 bridgehead atoms. The van der Waals surface area contributed by atoms with Crippen LogP contribution in [0.25, 0.3) is 0 Å². The Morgan fingerprint density at radius 2 is 1.95 bits per heavy atom. The number of halogens is 2. The van der Waals surface area contributed by atoms with Crippen molar-refractivity contribution < 1.29 is 14.1 Å². The second-order valence-corrected chi connectivity index (χ2v) is 4.69. The van der Waals surface area contributed by atoms with Crippen LogP contribution in [0, 0.1) is 15.9 Å². The van der Waals surface area contributed by atoms with Crippen molar-refractivity contribution >= 4 is 23.2 Å². The van der Waals surface area contributed by atoms with E-state index in [1.807, 2.05) is 0 Å². The van der Waals surface area contributed by atoms with Crippen molar-refractivity contribution in [2.75, 3.05) is 12.4 Å². The Labute approximate surface area is 121 Å². The molecule has 20 heavy (non-hydrogen) atoms. The van der Waals surface area contributed by atoms with E-state index in [0.717, 1.165) is 43.9 Å². The quantitative estimate of drug-likeness (QED) is 0.347. The van der Waals surface area contributed by atoms with Gasteiger partial charge < -0.3 is 5.32 Å². The molecule has 7 heteroatoms. The van der Waals surface area contributed by atoms with Crippen LogP contribution in [0.4, 0.5) is 10.1 Å². The topological polar surface area (TPSA) is 72.2 Å². The molecule has 0 radical (unpaired) electrons. The SMILES string of the molecule is O=C(NCCCCCCCl)c1cc(F)cc([N+](=O)[O-])c1. The minimum Gasteiger partial charge on any atom is -0.352 e. The van der Waals surface area contributed by atoms with E-state index in [0.29, 0.717) is 12.4 Å². The number of hydrogen-bond donors (Lipinski definition) is 1. The molecule has 1 rings (SSSR count). The molecule has 0 unspecified atom stereocenters. The monoisotopic (exact) mass is 302 g/mol. The molecule has 1 aromatic carbocycles. The summed E-state index contributed by atoms with van der Waals surface area (Å²) in [6.07, 6.45) is 3.66. The predicted molar refractivity (Wildman–Crippen MR) is 74.6 cm³/mol. The lowest BCUT2D eigenvalue weighted by Gasteiger charge is -2.05. The first-order valence-corrected chi connectivity index (χ1v) is 6.87. The largest absolute Gasteiger partial charge is 0.352 e. The third-order valence-corrected chi connectivity index (χ3v) is 2.97. The fraction of sp³-hybridized carbons (Fsp3) is 0.462. The van der Waals surface area contributed by atoms with Crippen molar-refractivity contribution in [2.24, 2.45) is 0 Å². The fourth-order valence-corrected chi connectivity index (χ4v) is 1.88. The summed E-state index contributed by atoms with van der Waals surface area (Å²) in [7, 11) is 0. The van der Waals surface area contributed by atoms with Gasteiger partial charge >= 0.3 is 0 Å². The van der Waals surface area contributed by atoms with E-state index in [2.05, 4.69) is 5.32 Å². The molecule has 0 aliphatic heterocycles. The van der Waals surface area contributed by atoms with E-state index in [1.165, 1.54) is 0 Å². The Morgan fingerprint density at radius 1 is 1.25 bits per heavy atom. The van der Waals surface area contributed by atoms with Gasteiger partial charge in [-0.15, -0.1) is 11.6 Å². The van der Waals surface area contributed by atoms with Crippen molar-refractivity contribution in [1.82, 2.24) is 5.32 Å². The van der Waals surface area contributed by atoms with Crippen LogP contribution in [0.1, 0.15) is 36.0 Å². The molecule has 0 saturated carbocycles. The number of nitro groups is 1. The van der Waals surface area contributed by atoms with Gasteiger partial charge in [0.25, 0.3) is 11.6 Å². The number of nitro benzene ring substituents is 1. The Kier molecular flexibility index (Phi) is 6.93. The van der Waals surface area contributed by atoms with Crippen LogP contribution < -0.4 is 5.32 Å². The number of carbonyl (C=O) groups excluding carboxylic acids is 1. The number of non-ortho nitro benzene ring substituents is 1. The van der Waals surface area contributed by atoms with Gasteiger partial charge in [0.1, 0.15) is 5.82 Å². The Balaban J connectivity index is 2.49. The van der Waals surface area contributed by atoms with E-state index in [1.54, 1.807) is 0 Å². The molecule has 1 amide bonds. The van der Waals surface area contributed by atoms with Crippen LogP contribution in [-0.2, 0) is 0 Å². The molecule has 0 aliphatic carbocycles. The molecule has 1 aromatic rings. The number of amides is 1. The van der Waals surface area contributed by atoms with Crippen LogP contribution in [0.5, 0.6) is 0 Å². The standard InChI is InChI=1S/C13H16ClFN2O3/c14-5-3-1-2-4-6-16-13(18)10-7-11(15)9-12(8-10)17(19)20/h7-9H,1-6H2,(H,16,18). The first-order valence-electron chi connectivity index (χ1n) is 6.33. The maximum atomic E-state index is 13.2. The molecule has 1 N–H and O–H groups in total. The van der Waals surface area contributed by atoms with Crippen molar-refractivity contribution in [3.05, 3.63) is 39.7 Å². The molecule has 0 spiro atoms. The number of nitrogens with one attached hydrogen (secondary N) is 1. The van der Waals surface area contributed by atoms with Gasteiger partial charge in [0.2, 0.25) is 0 Å². The van der Waals surface area contributed by atoms with Gasteiger partial charge in [-0.2, -0.15) is 0 Å². The highest BCUT2D eigenvalue weighted by atomic mass is 35.5. The summed E-state index contributed by atoms with van der Waals surface area (Å²) in [6.45, 7) is 0.450. The highest BCUT2D eigenvalue weighted by Crippen LogP contribution is 2.16. The predicted octanol–water partition coefficient (Wildman–Crippen LogP) is 3.26. The average molecular weight is 303 g/mol. The molecule has 0 heterocycles. The van der Waals surface area contributed by atoms with E-state index in [-0.39, 0.29) is 5.56 Å². The Morgan fingerprint density at radius 3 is 2.60 bits per heavy atom. The summed E-state index contributed by atoms with van der Waals surface area (Å²) in [5.41, 5.74) is -0.477. The molecule has 0 fully saturated rings. The van der Waals surface area contributed by atoms with Crippen LogP contribution in [0.15, 0.2) is 18.2 Å². The van der Waals surface area contributed by atoms with Crippen molar-refractivity contribution in [3.8, 4) is 0 Å². The first-order chi connectivity index (χ1) is 9.54. The van der Waals surface area contributed by atoms with E-state index in [9.17, 15) is 19.3 Å². The van der Waals surface area contributed by atoms with Gasteiger partial charge in [-0.05, 0) is 18.9 Å². The lowest BCUT2D eigenvalue weighted by Crippen LogP contribution is -2.24. The normalized spacial score (nSPS) is 10.3. The average Bonchev–Trinajstić information content (AvgIpc) is 2.41. The Hall–Kier alpha value is -1.69. The zero-order valence-corrected chi connectivity index (χ0v) is 11.7. The lowest BCUT2D eigenvalue weighted by molar-refractivity contribution is -0.385. The second kappa shape index (κ2) is 8.47. The highest BCUT2D eigenvalue weighted by Gasteiger charge is 2.14. The zero-order chi connectivity index (χ0) is 15.0. The number of benzene rings is 1. The molecule has 0 aliphatic rings. The smallest absolute Gasteiger partial charge is 0.273 e. The number of rotatable bonds is 8. The molecular formula is C13H16ClFN2O3. The lowest BCUT2D eigenvalue weighted by atomic mass is 10.1. The molecular weight excluding hydrogens is 287 g/mol. The number of nitrogens with zero attached hydrogens (tertiary/aromatic N) is 1. The minimum absolute atomic E-state index is 0.0440. The summed E-state index contributed by atoms with van der Waals surface area (Å²) in [4.78, 5) is 21.6. The van der Waals surface area contributed by atoms with Crippen LogP contribution >= 0.6 is 11.6 Å². The third kappa shape index (κ3) is 5.52. The minimum atomic E-state index is -0.800. The summed E-state index contributed by atoms with van der Waals surface area (Å²) in [5.74, 6) is -0.685. The Bertz CT molecular complexity index is 483. The van der Waals surface area contributed by atoms with Gasteiger partial charge in [-0.1, -0.05) is 12.8 Å². The maximum absolute atomic E-state index is 13.2. The van der Waals surface area contributed by atoms with E-state index >= 15 is 0 Å². The summed E-state index contributed by atoms with van der Waals surface area (Å²) in [6, 6.07) is 2.82. The molecule has 0 saturated heterocycles. The first kappa shape index (κ1) is 16.4. The molecule has 0 atom stereocenters. The third-order valence-electron chi connectivity index (χ3n) is 2.70. The number of hydrogen-bond acceptors (Lipinski definition) is 3. The van der Waals surface area contributed by atoms with Gasteiger partial charge in [0, 0.05) is 24.1 Å². The zero-order valence-electron chi connectivity index (χ0n) is 10.9. The molecule has 5 nitrogen and oxygen atoms in total. The second-order valence-electron chi connectivity index (χ2n) is 4.31. The molecule has 0 aromatic heterocycles. The maximum Gasteiger partial charge on any atom is 0.273 e. The molecule has 110 valence electrons. The summed E-state index contributed by atoms with van der Waals surface area (Å²) < 4.78 is 13.2. The van der Waals surface area contributed by atoms with Gasteiger partial charge in [0.05, 0.1) is 11.0 Å². The van der Waals surface area contributed by atoms with E-state index < -0.39 is 22.3 Å². The van der Waals surface area contributed by atoms with Gasteiger partial charge in [0.15, 0.2) is 0 Å². The summed E-state index contributed by atoms with van der Waals surface area (Å²) in [5, 5.41) is 13.2. The van der Waals surface area contributed by atoms with Crippen molar-refractivity contribution in [3.63, 3.8) is 0 Å². The van der Waals surface area contributed by atoms with Crippen molar-refractivity contribution in [2.45, 2.75) is 25.7 Å². The summed E-state index contributed by atoms with van der Waals surface area (Å²) >= 11 is 5.54. The van der Waals surface area contributed by atoms with Crippen LogP contribution in [0.2, 0.25) is 0 Å². The van der Waals surface area contributed by atoms with Crippen molar-refractivity contribution in [1.29, 1.82) is 0 Å².